The highest BCUT2D eigenvalue weighted by atomic mass is 16.6. The molecule has 11 nitrogen and oxygen atoms in total. The van der Waals surface area contributed by atoms with Crippen LogP contribution in [0.2, 0.25) is 0 Å². The van der Waals surface area contributed by atoms with Crippen molar-refractivity contribution in [3.05, 3.63) is 128 Å². The Bertz CT molecular complexity index is 1650. The maximum Gasteiger partial charge on any atom is 0.330 e. The van der Waals surface area contributed by atoms with Crippen LogP contribution in [-0.2, 0) is 24.6 Å². The summed E-state index contributed by atoms with van der Waals surface area (Å²) in [5.41, 5.74) is 0.0374. The SMILES string of the molecule is COc1ccc(C(OC[C@@H]2O[C@@H](n3cc(C)c(=O)[nH]c3=O)[C@H](OC(C)=O)[C@H]2O)(c2ccccc2)c2ccc(OC)cc2)cc1. The van der Waals surface area contributed by atoms with E-state index < -0.39 is 47.4 Å². The molecule has 3 aromatic carbocycles. The number of nitrogens with zero attached hydrogens (tertiary/aromatic N) is 1. The molecule has 2 heterocycles. The summed E-state index contributed by atoms with van der Waals surface area (Å²) in [6.07, 6.45) is -3.58. The van der Waals surface area contributed by atoms with Gasteiger partial charge in [0.05, 0.1) is 20.8 Å². The number of benzene rings is 3. The van der Waals surface area contributed by atoms with Crippen LogP contribution in [0.4, 0.5) is 0 Å². The second-order valence-corrected chi connectivity index (χ2v) is 10.4. The number of aryl methyl sites for hydroxylation is 1. The van der Waals surface area contributed by atoms with E-state index in [0.717, 1.165) is 21.3 Å². The predicted molar refractivity (Wildman–Crippen MR) is 160 cm³/mol. The summed E-state index contributed by atoms with van der Waals surface area (Å²) in [6.45, 7) is 2.54. The largest absolute Gasteiger partial charge is 0.497 e. The Morgan fingerprint density at radius 1 is 0.909 bits per heavy atom. The smallest absolute Gasteiger partial charge is 0.330 e. The Morgan fingerprint density at radius 3 is 1.98 bits per heavy atom. The summed E-state index contributed by atoms with van der Waals surface area (Å²) in [7, 11) is 3.17. The molecular weight excluding hydrogens is 568 g/mol. The molecule has 0 saturated carbocycles. The number of hydrogen-bond acceptors (Lipinski definition) is 9. The molecule has 1 fully saturated rings. The lowest BCUT2D eigenvalue weighted by molar-refractivity contribution is -0.156. The monoisotopic (exact) mass is 602 g/mol. The first-order chi connectivity index (χ1) is 21.2. The Labute approximate surface area is 253 Å². The lowest BCUT2D eigenvalue weighted by Crippen LogP contribution is -2.41. The molecule has 230 valence electrons. The van der Waals surface area contributed by atoms with Crippen LogP contribution in [0.5, 0.6) is 11.5 Å². The highest BCUT2D eigenvalue weighted by molar-refractivity contribution is 5.66. The van der Waals surface area contributed by atoms with Crippen molar-refractivity contribution in [1.29, 1.82) is 0 Å². The molecule has 44 heavy (non-hydrogen) atoms. The summed E-state index contributed by atoms with van der Waals surface area (Å²) in [5, 5.41) is 11.4. The van der Waals surface area contributed by atoms with Crippen LogP contribution in [0.3, 0.4) is 0 Å². The zero-order valence-electron chi connectivity index (χ0n) is 24.8. The standard InChI is InChI=1S/C33H34N2O9/c1-20-18-35(32(39)34-30(20)38)31-29(43-21(2)36)28(37)27(44-31)19-42-33(22-8-6-5-7-9-22,23-10-14-25(40-3)15-11-23)24-12-16-26(41-4)17-13-24/h5-18,27-29,31,37H,19H2,1-4H3,(H,34,38,39)/t27-,28-,29+,31+/m0/s1. The number of hydrogen-bond donors (Lipinski definition) is 2. The summed E-state index contributed by atoms with van der Waals surface area (Å²) in [6, 6.07) is 24.5. The third-order valence-electron chi connectivity index (χ3n) is 7.67. The van der Waals surface area contributed by atoms with Gasteiger partial charge in [0, 0.05) is 18.7 Å². The van der Waals surface area contributed by atoms with Crippen molar-refractivity contribution in [3.63, 3.8) is 0 Å². The van der Waals surface area contributed by atoms with E-state index in [2.05, 4.69) is 4.98 Å². The van der Waals surface area contributed by atoms with Crippen LogP contribution in [-0.4, -0.2) is 59.8 Å². The van der Waals surface area contributed by atoms with Crippen molar-refractivity contribution in [2.24, 2.45) is 0 Å². The number of aromatic amines is 1. The number of methoxy groups -OCH3 is 2. The third-order valence-corrected chi connectivity index (χ3v) is 7.67. The van der Waals surface area contributed by atoms with Crippen molar-refractivity contribution in [2.75, 3.05) is 20.8 Å². The van der Waals surface area contributed by atoms with E-state index in [9.17, 15) is 19.5 Å². The number of ether oxygens (including phenoxy) is 5. The molecule has 2 N–H and O–H groups in total. The summed E-state index contributed by atoms with van der Waals surface area (Å²) < 4.78 is 30.4. The first kappa shape index (κ1) is 30.7. The van der Waals surface area contributed by atoms with Crippen molar-refractivity contribution in [3.8, 4) is 11.5 Å². The number of carbonyl (C=O) groups is 1. The average Bonchev–Trinajstić information content (AvgIpc) is 3.34. The van der Waals surface area contributed by atoms with E-state index in [-0.39, 0.29) is 12.2 Å². The molecule has 1 aliphatic heterocycles. The Kier molecular flexibility index (Phi) is 9.00. The third kappa shape index (κ3) is 5.89. The fourth-order valence-corrected chi connectivity index (χ4v) is 5.46. The van der Waals surface area contributed by atoms with E-state index in [1.165, 1.54) is 20.0 Å². The van der Waals surface area contributed by atoms with Gasteiger partial charge >= 0.3 is 11.7 Å². The van der Waals surface area contributed by atoms with E-state index >= 15 is 0 Å². The molecule has 1 saturated heterocycles. The van der Waals surface area contributed by atoms with Crippen LogP contribution in [0, 0.1) is 6.92 Å². The van der Waals surface area contributed by atoms with E-state index in [1.807, 2.05) is 78.9 Å². The first-order valence-electron chi connectivity index (χ1n) is 14.0. The topological polar surface area (TPSA) is 138 Å². The fourth-order valence-electron chi connectivity index (χ4n) is 5.46. The molecule has 0 aliphatic carbocycles. The molecule has 0 radical (unpaired) electrons. The molecule has 4 atom stereocenters. The molecule has 4 aromatic rings. The lowest BCUT2D eigenvalue weighted by Gasteiger charge is -2.37. The van der Waals surface area contributed by atoms with Crippen LogP contribution in [0.1, 0.15) is 35.4 Å². The number of carbonyl (C=O) groups excluding carboxylic acids is 1. The maximum atomic E-state index is 12.8. The quantitative estimate of drug-likeness (QED) is 0.207. The van der Waals surface area contributed by atoms with E-state index in [0.29, 0.717) is 11.5 Å². The number of rotatable bonds is 10. The summed E-state index contributed by atoms with van der Waals surface area (Å²) >= 11 is 0. The summed E-state index contributed by atoms with van der Waals surface area (Å²) in [5.74, 6) is 0.649. The number of esters is 1. The molecule has 1 aromatic heterocycles. The van der Waals surface area contributed by atoms with Gasteiger partial charge in [-0.15, -0.1) is 0 Å². The first-order valence-corrected chi connectivity index (χ1v) is 14.0. The van der Waals surface area contributed by atoms with Gasteiger partial charge in [-0.1, -0.05) is 54.6 Å². The normalized spacial score (nSPS) is 19.8. The minimum Gasteiger partial charge on any atom is -0.497 e. The van der Waals surface area contributed by atoms with Gasteiger partial charge in [0.25, 0.3) is 5.56 Å². The molecular formula is C33H34N2O9. The highest BCUT2D eigenvalue weighted by Gasteiger charge is 2.49. The second kappa shape index (κ2) is 12.9. The number of aromatic nitrogens is 2. The Balaban J connectivity index is 1.59. The van der Waals surface area contributed by atoms with Gasteiger partial charge in [0.15, 0.2) is 12.3 Å². The molecule has 0 spiro atoms. The molecule has 0 amide bonds. The van der Waals surface area contributed by atoms with E-state index in [4.69, 9.17) is 23.7 Å². The van der Waals surface area contributed by atoms with Gasteiger partial charge < -0.3 is 28.8 Å². The number of aliphatic hydroxyl groups is 1. The second-order valence-electron chi connectivity index (χ2n) is 10.4. The van der Waals surface area contributed by atoms with Gasteiger partial charge in [-0.3, -0.25) is 19.1 Å². The van der Waals surface area contributed by atoms with E-state index in [1.54, 1.807) is 14.2 Å². The van der Waals surface area contributed by atoms with Crippen molar-refractivity contribution in [2.45, 2.75) is 44.0 Å². The van der Waals surface area contributed by atoms with Crippen molar-refractivity contribution < 1.29 is 33.6 Å². The fraction of sp³-hybridized carbons (Fsp3) is 0.303. The van der Waals surface area contributed by atoms with Crippen LogP contribution < -0.4 is 20.7 Å². The number of aliphatic hydroxyl groups excluding tert-OH is 1. The molecule has 5 rings (SSSR count). The van der Waals surface area contributed by atoms with Gasteiger partial charge in [0.1, 0.15) is 29.3 Å². The predicted octanol–water partition coefficient (Wildman–Crippen LogP) is 3.06. The van der Waals surface area contributed by atoms with Crippen molar-refractivity contribution in [1.82, 2.24) is 9.55 Å². The summed E-state index contributed by atoms with van der Waals surface area (Å²) in [4.78, 5) is 39.0. The van der Waals surface area contributed by atoms with Gasteiger partial charge in [-0.2, -0.15) is 0 Å². The molecule has 0 unspecified atom stereocenters. The number of nitrogens with one attached hydrogen (secondary N) is 1. The van der Waals surface area contributed by atoms with Gasteiger partial charge in [-0.05, 0) is 47.9 Å². The molecule has 0 bridgehead atoms. The van der Waals surface area contributed by atoms with Crippen LogP contribution in [0.25, 0.3) is 0 Å². The maximum absolute atomic E-state index is 12.8. The molecule has 11 heteroatoms. The Hall–Kier alpha value is -4.71. The minimum atomic E-state index is -1.37. The van der Waals surface area contributed by atoms with Crippen LogP contribution in [0.15, 0.2) is 94.6 Å². The van der Waals surface area contributed by atoms with Crippen molar-refractivity contribution >= 4 is 5.97 Å². The zero-order valence-corrected chi connectivity index (χ0v) is 24.8. The Morgan fingerprint density at radius 2 is 1.45 bits per heavy atom. The number of H-pyrrole nitrogens is 1. The van der Waals surface area contributed by atoms with Crippen LogP contribution >= 0.6 is 0 Å². The van der Waals surface area contributed by atoms with Gasteiger partial charge in [-0.25, -0.2) is 4.79 Å². The molecule has 1 aliphatic rings. The van der Waals surface area contributed by atoms with Gasteiger partial charge in [0.2, 0.25) is 0 Å². The minimum absolute atomic E-state index is 0.181. The highest BCUT2D eigenvalue weighted by Crippen LogP contribution is 2.43. The lowest BCUT2D eigenvalue weighted by atomic mass is 9.80. The average molecular weight is 603 g/mol. The zero-order chi connectivity index (χ0) is 31.4.